The highest BCUT2D eigenvalue weighted by atomic mass is 16.6. The van der Waals surface area contributed by atoms with Crippen molar-refractivity contribution >= 4 is 28.6 Å². The molecular formula is C26H21N3O5. The van der Waals surface area contributed by atoms with Gasteiger partial charge in [0, 0.05) is 12.1 Å². The van der Waals surface area contributed by atoms with Gasteiger partial charge in [0.2, 0.25) is 0 Å². The molecule has 4 aromatic rings. The van der Waals surface area contributed by atoms with Crippen LogP contribution in [0.3, 0.4) is 0 Å². The molecule has 0 radical (unpaired) electrons. The van der Waals surface area contributed by atoms with Gasteiger partial charge in [-0.05, 0) is 58.3 Å². The van der Waals surface area contributed by atoms with Crippen molar-refractivity contribution in [3.05, 3.63) is 112 Å². The molecule has 4 rings (SSSR count). The number of hydrogen-bond acceptors (Lipinski definition) is 6. The van der Waals surface area contributed by atoms with Crippen molar-refractivity contribution in [2.45, 2.75) is 6.61 Å². The maximum Gasteiger partial charge on any atom is 0.275 e. The number of carbonyl (C=O) groups is 1. The van der Waals surface area contributed by atoms with Crippen molar-refractivity contribution in [3.63, 3.8) is 0 Å². The van der Waals surface area contributed by atoms with Crippen LogP contribution in [0.1, 0.15) is 21.5 Å². The average Bonchev–Trinajstić information content (AvgIpc) is 2.87. The van der Waals surface area contributed by atoms with Gasteiger partial charge in [0.15, 0.2) is 0 Å². The zero-order valence-corrected chi connectivity index (χ0v) is 18.3. The summed E-state index contributed by atoms with van der Waals surface area (Å²) in [4.78, 5) is 23.1. The number of fused-ring (bicyclic) bond motifs is 1. The standard InChI is InChI=1S/C26H21N3O5/c1-33-25-15-21-7-3-2-6-20(21)14-24(25)26(30)28-27-16-18-9-11-23(12-10-18)34-17-19-5-4-8-22(13-19)29(31)32/h2-16H,17H2,1H3,(H,28,30)/b27-16-. The van der Waals surface area contributed by atoms with Crippen LogP contribution in [0.2, 0.25) is 0 Å². The summed E-state index contributed by atoms with van der Waals surface area (Å²) in [6.45, 7) is 0.207. The fourth-order valence-corrected chi connectivity index (χ4v) is 3.37. The average molecular weight is 455 g/mol. The van der Waals surface area contributed by atoms with E-state index in [-0.39, 0.29) is 18.2 Å². The second kappa shape index (κ2) is 10.3. The first-order chi connectivity index (χ1) is 16.5. The van der Waals surface area contributed by atoms with Crippen LogP contribution in [-0.4, -0.2) is 24.2 Å². The number of carbonyl (C=O) groups excluding carboxylic acids is 1. The Labute approximate surface area is 195 Å². The van der Waals surface area contributed by atoms with Gasteiger partial charge >= 0.3 is 0 Å². The molecule has 0 saturated carbocycles. The SMILES string of the molecule is COc1cc2ccccc2cc1C(=O)N/N=C\c1ccc(OCc2cccc([N+](=O)[O-])c2)cc1. The number of hydrogen-bond donors (Lipinski definition) is 1. The maximum atomic E-state index is 12.6. The quantitative estimate of drug-likeness (QED) is 0.226. The molecule has 1 N–H and O–H groups in total. The number of nitrogens with zero attached hydrogens (tertiary/aromatic N) is 2. The topological polar surface area (TPSA) is 103 Å². The first-order valence-electron chi connectivity index (χ1n) is 10.4. The molecule has 0 unspecified atom stereocenters. The van der Waals surface area contributed by atoms with Crippen LogP contribution in [-0.2, 0) is 6.61 Å². The number of methoxy groups -OCH3 is 1. The first-order valence-corrected chi connectivity index (χ1v) is 10.4. The Morgan fingerprint density at radius 3 is 2.44 bits per heavy atom. The predicted octanol–water partition coefficient (Wildman–Crippen LogP) is 5.10. The van der Waals surface area contributed by atoms with Crippen LogP contribution in [0.4, 0.5) is 5.69 Å². The van der Waals surface area contributed by atoms with Gasteiger partial charge in [-0.3, -0.25) is 14.9 Å². The van der Waals surface area contributed by atoms with Crippen LogP contribution >= 0.6 is 0 Å². The van der Waals surface area contributed by atoms with E-state index in [9.17, 15) is 14.9 Å². The van der Waals surface area contributed by atoms with E-state index < -0.39 is 4.92 Å². The lowest BCUT2D eigenvalue weighted by Gasteiger charge is -2.09. The zero-order valence-electron chi connectivity index (χ0n) is 18.3. The molecule has 0 aromatic heterocycles. The van der Waals surface area contributed by atoms with Crippen molar-refractivity contribution < 1.29 is 19.2 Å². The molecule has 8 nitrogen and oxygen atoms in total. The highest BCUT2D eigenvalue weighted by Crippen LogP contribution is 2.26. The summed E-state index contributed by atoms with van der Waals surface area (Å²) >= 11 is 0. The van der Waals surface area contributed by atoms with E-state index in [4.69, 9.17) is 9.47 Å². The number of hydrazone groups is 1. The Kier molecular flexibility index (Phi) is 6.78. The van der Waals surface area contributed by atoms with E-state index in [1.807, 2.05) is 30.3 Å². The van der Waals surface area contributed by atoms with Crippen molar-refractivity contribution in [3.8, 4) is 11.5 Å². The smallest absolute Gasteiger partial charge is 0.275 e. The molecule has 0 aliphatic heterocycles. The molecule has 0 aliphatic carbocycles. The number of non-ortho nitro benzene ring substituents is 1. The van der Waals surface area contributed by atoms with E-state index in [1.54, 1.807) is 42.5 Å². The number of amides is 1. The Morgan fingerprint density at radius 2 is 1.74 bits per heavy atom. The highest BCUT2D eigenvalue weighted by molar-refractivity contribution is 6.01. The zero-order chi connectivity index (χ0) is 23.9. The molecule has 4 aromatic carbocycles. The van der Waals surface area contributed by atoms with Gasteiger partial charge in [-0.25, -0.2) is 5.43 Å². The molecule has 0 aliphatic rings. The molecule has 34 heavy (non-hydrogen) atoms. The number of ether oxygens (including phenoxy) is 2. The number of nitro groups is 1. The van der Waals surface area contributed by atoms with Crippen molar-refractivity contribution in [1.29, 1.82) is 0 Å². The third-order valence-electron chi connectivity index (χ3n) is 5.10. The molecule has 1 amide bonds. The van der Waals surface area contributed by atoms with Crippen LogP contribution in [0.15, 0.2) is 90.0 Å². The Morgan fingerprint density at radius 1 is 1.00 bits per heavy atom. The minimum Gasteiger partial charge on any atom is -0.496 e. The third-order valence-corrected chi connectivity index (χ3v) is 5.10. The van der Waals surface area contributed by atoms with Crippen molar-refractivity contribution in [2.75, 3.05) is 7.11 Å². The maximum absolute atomic E-state index is 12.6. The molecule has 0 spiro atoms. The summed E-state index contributed by atoms with van der Waals surface area (Å²) in [7, 11) is 1.52. The molecule has 0 bridgehead atoms. The Balaban J connectivity index is 1.36. The van der Waals surface area contributed by atoms with Gasteiger partial charge in [0.05, 0.1) is 23.8 Å². The van der Waals surface area contributed by atoms with E-state index in [2.05, 4.69) is 10.5 Å². The van der Waals surface area contributed by atoms with Crippen molar-refractivity contribution in [1.82, 2.24) is 5.43 Å². The van der Waals surface area contributed by atoms with Gasteiger partial charge in [0.25, 0.3) is 11.6 Å². The fraction of sp³-hybridized carbons (Fsp3) is 0.0769. The second-order valence-electron chi connectivity index (χ2n) is 7.38. The minimum atomic E-state index is -0.438. The Hall–Kier alpha value is -4.72. The van der Waals surface area contributed by atoms with Crippen LogP contribution < -0.4 is 14.9 Å². The van der Waals surface area contributed by atoms with Crippen LogP contribution in [0, 0.1) is 10.1 Å². The molecule has 8 heteroatoms. The minimum absolute atomic E-state index is 0.0241. The van der Waals surface area contributed by atoms with Gasteiger partial charge in [-0.2, -0.15) is 5.10 Å². The Bertz CT molecular complexity index is 1370. The van der Waals surface area contributed by atoms with Gasteiger partial charge < -0.3 is 9.47 Å². The monoisotopic (exact) mass is 455 g/mol. The number of nitro benzene ring substituents is 1. The van der Waals surface area contributed by atoms with Crippen molar-refractivity contribution in [2.24, 2.45) is 5.10 Å². The highest BCUT2D eigenvalue weighted by Gasteiger charge is 2.13. The number of benzene rings is 4. The van der Waals surface area contributed by atoms with E-state index in [0.717, 1.165) is 16.3 Å². The first kappa shape index (κ1) is 22.5. The fourth-order valence-electron chi connectivity index (χ4n) is 3.37. The summed E-state index contributed by atoms with van der Waals surface area (Å²) in [6, 6.07) is 24.7. The largest absolute Gasteiger partial charge is 0.496 e. The van der Waals surface area contributed by atoms with E-state index in [1.165, 1.54) is 25.5 Å². The van der Waals surface area contributed by atoms with E-state index >= 15 is 0 Å². The summed E-state index contributed by atoms with van der Waals surface area (Å²) in [5, 5.41) is 16.8. The summed E-state index contributed by atoms with van der Waals surface area (Å²) in [5.74, 6) is 0.695. The lowest BCUT2D eigenvalue weighted by molar-refractivity contribution is -0.384. The third kappa shape index (κ3) is 5.36. The molecule has 0 heterocycles. The molecule has 0 atom stereocenters. The summed E-state index contributed by atoms with van der Waals surface area (Å²) in [6.07, 6.45) is 1.52. The van der Waals surface area contributed by atoms with Gasteiger partial charge in [-0.15, -0.1) is 0 Å². The van der Waals surface area contributed by atoms with Gasteiger partial charge in [-0.1, -0.05) is 36.4 Å². The molecule has 0 saturated heterocycles. The lowest BCUT2D eigenvalue weighted by Crippen LogP contribution is -2.18. The second-order valence-corrected chi connectivity index (χ2v) is 7.38. The molecular weight excluding hydrogens is 434 g/mol. The molecule has 170 valence electrons. The van der Waals surface area contributed by atoms with Crippen LogP contribution in [0.25, 0.3) is 10.8 Å². The predicted molar refractivity (Wildman–Crippen MR) is 129 cm³/mol. The van der Waals surface area contributed by atoms with Gasteiger partial charge in [0.1, 0.15) is 18.1 Å². The summed E-state index contributed by atoms with van der Waals surface area (Å²) in [5.41, 5.74) is 4.40. The lowest BCUT2D eigenvalue weighted by atomic mass is 10.1. The number of rotatable bonds is 8. The number of nitrogens with one attached hydrogen (secondary N) is 1. The summed E-state index contributed by atoms with van der Waals surface area (Å²) < 4.78 is 11.1. The normalized spacial score (nSPS) is 10.9. The molecule has 0 fully saturated rings. The van der Waals surface area contributed by atoms with E-state index in [0.29, 0.717) is 22.6 Å². The van der Waals surface area contributed by atoms with Crippen LogP contribution in [0.5, 0.6) is 11.5 Å².